The van der Waals surface area contributed by atoms with E-state index in [9.17, 15) is 15.0 Å². The second-order valence-electron chi connectivity index (χ2n) is 3.21. The van der Waals surface area contributed by atoms with Gasteiger partial charge in [-0.15, -0.1) is 0 Å². The van der Waals surface area contributed by atoms with Crippen molar-refractivity contribution in [3.8, 4) is 17.2 Å². The van der Waals surface area contributed by atoms with Crippen molar-refractivity contribution >= 4 is 5.78 Å². The molecule has 2 N–H and O–H groups in total. The van der Waals surface area contributed by atoms with E-state index in [0.29, 0.717) is 18.6 Å². The molecule has 0 aromatic heterocycles. The van der Waals surface area contributed by atoms with Gasteiger partial charge in [0.15, 0.2) is 5.78 Å². The minimum Gasteiger partial charge on any atom is -0.507 e. The van der Waals surface area contributed by atoms with Crippen LogP contribution in [-0.2, 0) is 0 Å². The van der Waals surface area contributed by atoms with Gasteiger partial charge >= 0.3 is 0 Å². The van der Waals surface area contributed by atoms with Crippen LogP contribution in [0.15, 0.2) is 12.1 Å². The number of ketones is 1. The summed E-state index contributed by atoms with van der Waals surface area (Å²) in [5.41, 5.74) is -0.0300. The molecular formula is C11H14O4. The van der Waals surface area contributed by atoms with E-state index >= 15 is 0 Å². The lowest BCUT2D eigenvalue weighted by Gasteiger charge is -2.08. The summed E-state index contributed by atoms with van der Waals surface area (Å²) in [4.78, 5) is 11.5. The molecule has 1 rings (SSSR count). The van der Waals surface area contributed by atoms with Crippen LogP contribution in [0.25, 0.3) is 0 Å². The van der Waals surface area contributed by atoms with Crippen LogP contribution in [0.1, 0.15) is 30.1 Å². The summed E-state index contributed by atoms with van der Waals surface area (Å²) in [6.45, 7) is 1.86. The summed E-state index contributed by atoms with van der Waals surface area (Å²) in [5, 5.41) is 19.1. The molecule has 0 radical (unpaired) electrons. The van der Waals surface area contributed by atoms with E-state index in [-0.39, 0.29) is 22.8 Å². The van der Waals surface area contributed by atoms with Gasteiger partial charge in [-0.3, -0.25) is 4.79 Å². The number of phenolic OH excluding ortho intramolecular Hbond substituents is 2. The normalized spacial score (nSPS) is 10.0. The van der Waals surface area contributed by atoms with Crippen molar-refractivity contribution in [3.05, 3.63) is 17.7 Å². The Hall–Kier alpha value is -1.71. The van der Waals surface area contributed by atoms with Crippen molar-refractivity contribution in [2.75, 3.05) is 7.11 Å². The summed E-state index contributed by atoms with van der Waals surface area (Å²) in [6, 6.07) is 2.62. The van der Waals surface area contributed by atoms with Crippen molar-refractivity contribution < 1.29 is 19.7 Å². The summed E-state index contributed by atoms with van der Waals surface area (Å²) in [5.74, 6) is -0.441. The van der Waals surface area contributed by atoms with Gasteiger partial charge in [0.1, 0.15) is 22.8 Å². The zero-order valence-corrected chi connectivity index (χ0v) is 8.78. The molecule has 15 heavy (non-hydrogen) atoms. The van der Waals surface area contributed by atoms with Crippen LogP contribution in [0, 0.1) is 0 Å². The fraction of sp³-hybridized carbons (Fsp3) is 0.364. The number of ether oxygens (including phenoxy) is 1. The summed E-state index contributed by atoms with van der Waals surface area (Å²) in [6.07, 6.45) is 0.969. The first kappa shape index (κ1) is 11.4. The van der Waals surface area contributed by atoms with Crippen molar-refractivity contribution in [1.29, 1.82) is 0 Å². The molecule has 0 atom stereocenters. The highest BCUT2D eigenvalue weighted by Crippen LogP contribution is 2.33. The molecule has 0 amide bonds. The van der Waals surface area contributed by atoms with Gasteiger partial charge in [0.25, 0.3) is 0 Å². The van der Waals surface area contributed by atoms with Gasteiger partial charge in [0.2, 0.25) is 0 Å². The van der Waals surface area contributed by atoms with Crippen LogP contribution in [0.2, 0.25) is 0 Å². The van der Waals surface area contributed by atoms with Gasteiger partial charge in [0, 0.05) is 18.6 Å². The standard InChI is InChI=1S/C11H14O4/c1-3-4-8(12)11-9(13)5-7(15-2)6-10(11)14/h5-6,13-14H,3-4H2,1-2H3. The lowest BCUT2D eigenvalue weighted by Crippen LogP contribution is -1.99. The fourth-order valence-corrected chi connectivity index (χ4v) is 1.34. The highest BCUT2D eigenvalue weighted by molar-refractivity contribution is 6.01. The van der Waals surface area contributed by atoms with Crippen molar-refractivity contribution in [2.24, 2.45) is 0 Å². The van der Waals surface area contributed by atoms with Gasteiger partial charge in [-0.05, 0) is 6.42 Å². The molecule has 0 aliphatic rings. The minimum atomic E-state index is -0.268. The number of hydrogen-bond donors (Lipinski definition) is 2. The Kier molecular flexibility index (Phi) is 3.55. The third-order valence-electron chi connectivity index (χ3n) is 2.06. The Balaban J connectivity index is 3.13. The predicted octanol–water partition coefficient (Wildman–Crippen LogP) is 2.09. The van der Waals surface area contributed by atoms with E-state index in [1.807, 2.05) is 6.92 Å². The number of carbonyl (C=O) groups excluding carboxylic acids is 1. The molecule has 0 spiro atoms. The zero-order valence-electron chi connectivity index (χ0n) is 8.78. The molecule has 0 unspecified atom stereocenters. The molecule has 4 nitrogen and oxygen atoms in total. The highest BCUT2D eigenvalue weighted by Gasteiger charge is 2.16. The summed E-state index contributed by atoms with van der Waals surface area (Å²) < 4.78 is 4.84. The van der Waals surface area contributed by atoms with E-state index in [4.69, 9.17) is 4.74 Å². The maximum absolute atomic E-state index is 11.5. The average Bonchev–Trinajstić information content (AvgIpc) is 2.16. The molecule has 0 saturated heterocycles. The topological polar surface area (TPSA) is 66.8 Å². The first-order chi connectivity index (χ1) is 7.10. The van der Waals surface area contributed by atoms with Crippen LogP contribution in [-0.4, -0.2) is 23.1 Å². The summed E-state index contributed by atoms with van der Waals surface area (Å²) >= 11 is 0. The van der Waals surface area contributed by atoms with Gasteiger partial charge in [0.05, 0.1) is 7.11 Å². The maximum atomic E-state index is 11.5. The van der Waals surface area contributed by atoms with Crippen molar-refractivity contribution in [3.63, 3.8) is 0 Å². The van der Waals surface area contributed by atoms with Gasteiger partial charge in [-0.1, -0.05) is 6.92 Å². The minimum absolute atomic E-state index is 0.0300. The van der Waals surface area contributed by atoms with Gasteiger partial charge in [-0.2, -0.15) is 0 Å². The SMILES string of the molecule is CCCC(=O)c1c(O)cc(OC)cc1O. The largest absolute Gasteiger partial charge is 0.507 e. The molecule has 0 bridgehead atoms. The first-order valence-electron chi connectivity index (χ1n) is 4.73. The van der Waals surface area contributed by atoms with Gasteiger partial charge < -0.3 is 14.9 Å². The molecule has 0 fully saturated rings. The second-order valence-corrected chi connectivity index (χ2v) is 3.21. The van der Waals surface area contributed by atoms with Crippen LogP contribution >= 0.6 is 0 Å². The third-order valence-corrected chi connectivity index (χ3v) is 2.06. The molecule has 0 saturated carbocycles. The summed E-state index contributed by atoms with van der Waals surface area (Å²) in [7, 11) is 1.42. The zero-order chi connectivity index (χ0) is 11.4. The van der Waals surface area contributed by atoms with Crippen molar-refractivity contribution in [2.45, 2.75) is 19.8 Å². The Morgan fingerprint density at radius 1 is 1.33 bits per heavy atom. The highest BCUT2D eigenvalue weighted by atomic mass is 16.5. The molecule has 82 valence electrons. The van der Waals surface area contributed by atoms with E-state index in [0.717, 1.165) is 0 Å². The number of benzene rings is 1. The smallest absolute Gasteiger partial charge is 0.170 e. The van der Waals surface area contributed by atoms with E-state index in [2.05, 4.69) is 0 Å². The monoisotopic (exact) mass is 210 g/mol. The van der Waals surface area contributed by atoms with Crippen LogP contribution in [0.5, 0.6) is 17.2 Å². The number of Topliss-reactive ketones (excluding diaryl/α,β-unsaturated/α-hetero) is 1. The lowest BCUT2D eigenvalue weighted by atomic mass is 10.0. The van der Waals surface area contributed by atoms with Crippen molar-refractivity contribution in [1.82, 2.24) is 0 Å². The molecule has 0 heterocycles. The molecule has 0 aliphatic heterocycles. The predicted molar refractivity (Wildman–Crippen MR) is 55.6 cm³/mol. The molecule has 1 aromatic rings. The number of methoxy groups -OCH3 is 1. The Labute approximate surface area is 88.1 Å². The Morgan fingerprint density at radius 2 is 1.87 bits per heavy atom. The molecule has 1 aromatic carbocycles. The third kappa shape index (κ3) is 2.40. The van der Waals surface area contributed by atoms with E-state index in [1.165, 1.54) is 19.2 Å². The lowest BCUT2D eigenvalue weighted by molar-refractivity contribution is 0.0976. The number of carbonyl (C=O) groups is 1. The number of aromatic hydroxyl groups is 2. The molecule has 4 heteroatoms. The van der Waals surface area contributed by atoms with Crippen LogP contribution in [0.3, 0.4) is 0 Å². The first-order valence-corrected chi connectivity index (χ1v) is 4.73. The second kappa shape index (κ2) is 4.68. The number of phenols is 2. The van der Waals surface area contributed by atoms with Crippen LogP contribution in [0.4, 0.5) is 0 Å². The van der Waals surface area contributed by atoms with Crippen LogP contribution < -0.4 is 4.74 Å². The molecule has 0 aliphatic carbocycles. The van der Waals surface area contributed by atoms with Gasteiger partial charge in [-0.25, -0.2) is 0 Å². The number of rotatable bonds is 4. The fourth-order valence-electron chi connectivity index (χ4n) is 1.34. The maximum Gasteiger partial charge on any atom is 0.170 e. The Morgan fingerprint density at radius 3 is 2.27 bits per heavy atom. The van der Waals surface area contributed by atoms with E-state index < -0.39 is 0 Å². The number of hydrogen-bond acceptors (Lipinski definition) is 4. The molecular weight excluding hydrogens is 196 g/mol. The van der Waals surface area contributed by atoms with E-state index in [1.54, 1.807) is 0 Å². The average molecular weight is 210 g/mol. The quantitative estimate of drug-likeness (QED) is 0.747. The Bertz CT molecular complexity index is 348.